The summed E-state index contributed by atoms with van der Waals surface area (Å²) >= 11 is 0. The third-order valence-electron chi connectivity index (χ3n) is 4.17. The van der Waals surface area contributed by atoms with Crippen molar-refractivity contribution >= 4 is 0 Å². The Bertz CT molecular complexity index is 375. The van der Waals surface area contributed by atoms with Gasteiger partial charge in [-0.15, -0.1) is 0 Å². The van der Waals surface area contributed by atoms with Crippen molar-refractivity contribution in [2.45, 2.75) is 39.3 Å². The second kappa shape index (κ2) is 6.74. The summed E-state index contributed by atoms with van der Waals surface area (Å²) in [4.78, 5) is 5.12. The molecule has 1 fully saturated rings. The maximum atomic E-state index is 5.41. The summed E-state index contributed by atoms with van der Waals surface area (Å²) in [7, 11) is 0. The molecule has 2 rings (SSSR count). The van der Waals surface area contributed by atoms with Crippen LogP contribution in [0.25, 0.3) is 0 Å². The summed E-state index contributed by atoms with van der Waals surface area (Å²) in [6.07, 6.45) is 1.74. The van der Waals surface area contributed by atoms with Crippen molar-refractivity contribution in [3.8, 4) is 0 Å². The van der Waals surface area contributed by atoms with E-state index in [-0.39, 0.29) is 0 Å². The van der Waals surface area contributed by atoms with Gasteiger partial charge in [-0.3, -0.25) is 9.80 Å². The highest BCUT2D eigenvalue weighted by Crippen LogP contribution is 2.15. The molecule has 0 radical (unpaired) electrons. The number of piperazine rings is 1. The fourth-order valence-corrected chi connectivity index (χ4v) is 2.72. The van der Waals surface area contributed by atoms with Gasteiger partial charge in [0.1, 0.15) is 5.76 Å². The summed E-state index contributed by atoms with van der Waals surface area (Å²) in [6.45, 7) is 15.9. The van der Waals surface area contributed by atoms with Crippen molar-refractivity contribution in [2.75, 3.05) is 39.3 Å². The van der Waals surface area contributed by atoms with Crippen molar-refractivity contribution < 1.29 is 4.42 Å². The lowest BCUT2D eigenvalue weighted by Crippen LogP contribution is -2.54. The summed E-state index contributed by atoms with van der Waals surface area (Å²) in [5, 5.41) is 3.52. The zero-order valence-corrected chi connectivity index (χ0v) is 13.4. The van der Waals surface area contributed by atoms with E-state index in [1.165, 1.54) is 26.2 Å². The molecule has 1 aromatic heterocycles. The maximum absolute atomic E-state index is 5.41. The van der Waals surface area contributed by atoms with Gasteiger partial charge in [0.15, 0.2) is 0 Å². The van der Waals surface area contributed by atoms with E-state index < -0.39 is 0 Å². The van der Waals surface area contributed by atoms with Gasteiger partial charge < -0.3 is 9.73 Å². The van der Waals surface area contributed by atoms with Crippen molar-refractivity contribution in [1.29, 1.82) is 0 Å². The number of hydrogen-bond acceptors (Lipinski definition) is 4. The Morgan fingerprint density at radius 1 is 1.25 bits per heavy atom. The molecule has 20 heavy (non-hydrogen) atoms. The first-order valence-electron chi connectivity index (χ1n) is 7.71. The van der Waals surface area contributed by atoms with Gasteiger partial charge in [0.05, 0.1) is 12.3 Å². The van der Waals surface area contributed by atoms with Crippen molar-refractivity contribution in [1.82, 2.24) is 15.1 Å². The molecule has 1 saturated heterocycles. The van der Waals surface area contributed by atoms with Crippen molar-refractivity contribution in [3.05, 3.63) is 24.2 Å². The minimum atomic E-state index is 0.292. The first-order valence-corrected chi connectivity index (χ1v) is 7.71. The van der Waals surface area contributed by atoms with Gasteiger partial charge >= 0.3 is 0 Å². The lowest BCUT2D eigenvalue weighted by atomic mass is 10.1. The molecular weight excluding hydrogens is 250 g/mol. The quantitative estimate of drug-likeness (QED) is 0.896. The van der Waals surface area contributed by atoms with Gasteiger partial charge in [0.2, 0.25) is 0 Å². The van der Waals surface area contributed by atoms with E-state index in [9.17, 15) is 0 Å². The van der Waals surface area contributed by atoms with Gasteiger partial charge in [-0.25, -0.2) is 0 Å². The highest BCUT2D eigenvalue weighted by atomic mass is 16.3. The van der Waals surface area contributed by atoms with Gasteiger partial charge in [0.25, 0.3) is 0 Å². The van der Waals surface area contributed by atoms with Crippen LogP contribution in [0.1, 0.15) is 39.5 Å². The van der Waals surface area contributed by atoms with Crippen LogP contribution in [-0.2, 0) is 0 Å². The Labute approximate surface area is 123 Å². The zero-order chi connectivity index (χ0) is 14.6. The SMILES string of the molecule is CC(NCCN1CCN(C(C)(C)C)CC1)c1ccco1. The Morgan fingerprint density at radius 2 is 1.95 bits per heavy atom. The molecule has 2 heterocycles. The van der Waals surface area contributed by atoms with Crippen molar-refractivity contribution in [3.63, 3.8) is 0 Å². The lowest BCUT2D eigenvalue weighted by molar-refractivity contribution is 0.0625. The molecule has 1 aliphatic rings. The molecule has 1 aromatic rings. The van der Waals surface area contributed by atoms with Crippen LogP contribution in [0.3, 0.4) is 0 Å². The van der Waals surface area contributed by atoms with Gasteiger partial charge in [-0.2, -0.15) is 0 Å². The summed E-state index contributed by atoms with van der Waals surface area (Å²) < 4.78 is 5.41. The zero-order valence-electron chi connectivity index (χ0n) is 13.4. The van der Waals surface area contributed by atoms with E-state index >= 15 is 0 Å². The molecule has 4 heteroatoms. The third-order valence-corrected chi connectivity index (χ3v) is 4.17. The molecule has 0 amide bonds. The first-order chi connectivity index (χ1) is 9.47. The number of rotatable bonds is 5. The fraction of sp³-hybridized carbons (Fsp3) is 0.750. The van der Waals surface area contributed by atoms with E-state index in [1.54, 1.807) is 6.26 Å². The van der Waals surface area contributed by atoms with Gasteiger partial charge in [0, 0.05) is 44.8 Å². The fourth-order valence-electron chi connectivity index (χ4n) is 2.72. The van der Waals surface area contributed by atoms with Crippen LogP contribution in [0.5, 0.6) is 0 Å². The number of furan rings is 1. The van der Waals surface area contributed by atoms with Gasteiger partial charge in [-0.1, -0.05) is 0 Å². The van der Waals surface area contributed by atoms with Crippen LogP contribution in [0.4, 0.5) is 0 Å². The largest absolute Gasteiger partial charge is 0.468 e. The molecule has 0 bridgehead atoms. The van der Waals surface area contributed by atoms with Crippen LogP contribution in [0, 0.1) is 0 Å². The van der Waals surface area contributed by atoms with Crippen LogP contribution in [0.15, 0.2) is 22.8 Å². The Hall–Kier alpha value is -0.840. The molecule has 1 N–H and O–H groups in total. The third kappa shape index (κ3) is 4.33. The predicted molar refractivity (Wildman–Crippen MR) is 82.9 cm³/mol. The molecule has 0 saturated carbocycles. The van der Waals surface area contributed by atoms with E-state index in [2.05, 4.69) is 42.8 Å². The summed E-state index contributed by atoms with van der Waals surface area (Å²) in [5.74, 6) is 1.02. The Morgan fingerprint density at radius 3 is 2.50 bits per heavy atom. The van der Waals surface area contributed by atoms with E-state index in [1.807, 2.05) is 12.1 Å². The molecule has 0 spiro atoms. The monoisotopic (exact) mass is 279 g/mol. The normalized spacial score (nSPS) is 20.2. The minimum absolute atomic E-state index is 0.292. The molecule has 0 aliphatic carbocycles. The molecule has 0 aromatic carbocycles. The second-order valence-corrected chi connectivity index (χ2v) is 6.69. The average molecular weight is 279 g/mol. The standard InChI is InChI=1S/C16H29N3O/c1-14(15-6-5-13-20-15)17-7-8-18-9-11-19(12-10-18)16(2,3)4/h5-6,13-14,17H,7-12H2,1-4H3. The minimum Gasteiger partial charge on any atom is -0.468 e. The molecular formula is C16H29N3O. The maximum Gasteiger partial charge on any atom is 0.120 e. The molecule has 1 aliphatic heterocycles. The van der Waals surface area contributed by atoms with E-state index in [0.29, 0.717) is 11.6 Å². The smallest absolute Gasteiger partial charge is 0.120 e. The van der Waals surface area contributed by atoms with Crippen LogP contribution >= 0.6 is 0 Å². The van der Waals surface area contributed by atoms with Crippen LogP contribution < -0.4 is 5.32 Å². The highest BCUT2D eigenvalue weighted by molar-refractivity contribution is 5.02. The topological polar surface area (TPSA) is 31.6 Å². The number of nitrogens with zero attached hydrogens (tertiary/aromatic N) is 2. The molecule has 1 unspecified atom stereocenters. The number of hydrogen-bond donors (Lipinski definition) is 1. The Balaban J connectivity index is 1.64. The van der Waals surface area contributed by atoms with Crippen LogP contribution in [0.2, 0.25) is 0 Å². The summed E-state index contributed by atoms with van der Waals surface area (Å²) in [5.41, 5.74) is 0.304. The van der Waals surface area contributed by atoms with Crippen molar-refractivity contribution in [2.24, 2.45) is 0 Å². The highest BCUT2D eigenvalue weighted by Gasteiger charge is 2.25. The van der Waals surface area contributed by atoms with E-state index in [0.717, 1.165) is 18.8 Å². The predicted octanol–water partition coefficient (Wildman–Crippen LogP) is 2.35. The van der Waals surface area contributed by atoms with Crippen LogP contribution in [-0.4, -0.2) is 54.6 Å². The Kier molecular flexibility index (Phi) is 5.24. The molecule has 4 nitrogen and oxygen atoms in total. The molecule has 1 atom stereocenters. The number of nitrogens with one attached hydrogen (secondary N) is 1. The van der Waals surface area contributed by atoms with E-state index in [4.69, 9.17) is 4.42 Å². The molecule has 114 valence electrons. The second-order valence-electron chi connectivity index (χ2n) is 6.69. The average Bonchev–Trinajstić information content (AvgIpc) is 2.92. The lowest BCUT2D eigenvalue weighted by Gasteiger charge is -2.42. The van der Waals surface area contributed by atoms with Gasteiger partial charge in [-0.05, 0) is 39.8 Å². The summed E-state index contributed by atoms with van der Waals surface area (Å²) in [6, 6.07) is 4.26. The first kappa shape index (κ1) is 15.5.